The van der Waals surface area contributed by atoms with Crippen molar-refractivity contribution in [2.75, 3.05) is 16.6 Å². The predicted molar refractivity (Wildman–Crippen MR) is 64.1 cm³/mol. The van der Waals surface area contributed by atoms with Crippen molar-refractivity contribution in [2.24, 2.45) is 5.84 Å². The van der Waals surface area contributed by atoms with Crippen LogP contribution in [0.15, 0.2) is 29.1 Å². The Kier molecular flexibility index (Phi) is 3.25. The van der Waals surface area contributed by atoms with E-state index in [1.54, 1.807) is 6.07 Å². The molecule has 0 bridgehead atoms. The maximum Gasteiger partial charge on any atom is 0.305 e. The van der Waals surface area contributed by atoms with Crippen LogP contribution in [0, 0.1) is 0 Å². The molecule has 1 amide bonds. The minimum Gasteiger partial charge on any atom is -0.459 e. The first-order chi connectivity index (χ1) is 8.72. The van der Waals surface area contributed by atoms with Gasteiger partial charge in [0.25, 0.3) is 0 Å². The van der Waals surface area contributed by atoms with E-state index in [-0.39, 0.29) is 23.1 Å². The molecule has 2 aromatic rings. The highest BCUT2D eigenvalue weighted by Crippen LogP contribution is 2.20. The standard InChI is InChI=1S/C9H11N7O2/c10-6-7(14-11)12-4-13-8(6)15-16-9(17)5-2-1-3-18-5/h1-4H,10-11H2,(H,16,17)(H2,12,13,14,15). The Morgan fingerprint density at radius 1 is 1.33 bits per heavy atom. The SMILES string of the molecule is NNc1ncnc(NNC(=O)c2ccco2)c1N. The molecule has 94 valence electrons. The summed E-state index contributed by atoms with van der Waals surface area (Å²) in [5.41, 5.74) is 13.1. The van der Waals surface area contributed by atoms with E-state index in [0.29, 0.717) is 0 Å². The van der Waals surface area contributed by atoms with Crippen LogP contribution in [0.5, 0.6) is 0 Å². The molecule has 0 saturated heterocycles. The van der Waals surface area contributed by atoms with Crippen molar-refractivity contribution in [1.82, 2.24) is 15.4 Å². The summed E-state index contributed by atoms with van der Waals surface area (Å²) in [6, 6.07) is 3.12. The first-order valence-electron chi connectivity index (χ1n) is 4.89. The second-order valence-corrected chi connectivity index (χ2v) is 3.19. The summed E-state index contributed by atoms with van der Waals surface area (Å²) in [5, 5.41) is 0. The second-order valence-electron chi connectivity index (χ2n) is 3.19. The van der Waals surface area contributed by atoms with Crippen molar-refractivity contribution in [2.45, 2.75) is 0 Å². The molecule has 9 heteroatoms. The molecule has 0 radical (unpaired) electrons. The number of amides is 1. The first-order valence-corrected chi connectivity index (χ1v) is 4.89. The highest BCUT2D eigenvalue weighted by atomic mass is 16.3. The Hall–Kier alpha value is -2.81. The molecule has 9 nitrogen and oxygen atoms in total. The second kappa shape index (κ2) is 5.01. The minimum absolute atomic E-state index is 0.160. The third-order valence-corrected chi connectivity index (χ3v) is 2.06. The number of furan rings is 1. The molecule has 0 spiro atoms. The van der Waals surface area contributed by atoms with Crippen LogP contribution in [0.3, 0.4) is 0 Å². The number of hydrazine groups is 2. The maximum absolute atomic E-state index is 11.6. The lowest BCUT2D eigenvalue weighted by Crippen LogP contribution is -2.30. The van der Waals surface area contributed by atoms with Gasteiger partial charge in [-0.3, -0.25) is 15.6 Å². The highest BCUT2D eigenvalue weighted by molar-refractivity contribution is 5.92. The van der Waals surface area contributed by atoms with Gasteiger partial charge in [0.15, 0.2) is 17.4 Å². The van der Waals surface area contributed by atoms with Gasteiger partial charge in [-0.2, -0.15) is 0 Å². The monoisotopic (exact) mass is 249 g/mol. The average Bonchev–Trinajstić information content (AvgIpc) is 2.91. The molecule has 0 atom stereocenters. The van der Waals surface area contributed by atoms with E-state index < -0.39 is 5.91 Å². The van der Waals surface area contributed by atoms with Crippen molar-refractivity contribution in [3.8, 4) is 0 Å². The van der Waals surface area contributed by atoms with Crippen LogP contribution in [0.1, 0.15) is 10.6 Å². The van der Waals surface area contributed by atoms with Crippen LogP contribution in [0.4, 0.5) is 17.3 Å². The lowest BCUT2D eigenvalue weighted by molar-refractivity contribution is 0.0935. The van der Waals surface area contributed by atoms with Crippen LogP contribution in [0.2, 0.25) is 0 Å². The Labute approximate surface area is 102 Å². The summed E-state index contributed by atoms with van der Waals surface area (Å²) in [7, 11) is 0. The smallest absolute Gasteiger partial charge is 0.305 e. The van der Waals surface area contributed by atoms with Crippen molar-refractivity contribution < 1.29 is 9.21 Å². The molecule has 0 aliphatic rings. The molecular formula is C9H11N7O2. The van der Waals surface area contributed by atoms with Crippen molar-refractivity contribution in [3.63, 3.8) is 0 Å². The molecule has 7 N–H and O–H groups in total. The molecule has 0 unspecified atom stereocenters. The zero-order chi connectivity index (χ0) is 13.0. The van der Waals surface area contributed by atoms with Crippen molar-refractivity contribution in [1.29, 1.82) is 0 Å². The van der Waals surface area contributed by atoms with Crippen LogP contribution in [-0.2, 0) is 0 Å². The summed E-state index contributed by atoms with van der Waals surface area (Å²) in [5.74, 6) is 5.37. The summed E-state index contributed by atoms with van der Waals surface area (Å²) >= 11 is 0. The quantitative estimate of drug-likeness (QED) is 0.366. The number of carbonyl (C=O) groups is 1. The van der Waals surface area contributed by atoms with E-state index in [2.05, 4.69) is 26.2 Å². The zero-order valence-corrected chi connectivity index (χ0v) is 9.18. The molecule has 18 heavy (non-hydrogen) atoms. The lowest BCUT2D eigenvalue weighted by atomic mass is 10.4. The number of nitrogens with zero attached hydrogens (tertiary/aromatic N) is 2. The normalized spacial score (nSPS) is 9.83. The van der Waals surface area contributed by atoms with Gasteiger partial charge in [0.1, 0.15) is 12.0 Å². The van der Waals surface area contributed by atoms with Gasteiger partial charge in [0.05, 0.1) is 6.26 Å². The molecule has 0 aromatic carbocycles. The van der Waals surface area contributed by atoms with E-state index in [9.17, 15) is 4.79 Å². The summed E-state index contributed by atoms with van der Waals surface area (Å²) in [6.07, 6.45) is 2.64. The summed E-state index contributed by atoms with van der Waals surface area (Å²) in [4.78, 5) is 19.2. The van der Waals surface area contributed by atoms with Gasteiger partial charge in [-0.05, 0) is 12.1 Å². The number of carbonyl (C=O) groups excluding carboxylic acids is 1. The van der Waals surface area contributed by atoms with Gasteiger partial charge in [0.2, 0.25) is 0 Å². The predicted octanol–water partition coefficient (Wildman–Crippen LogP) is -0.306. The number of aromatic nitrogens is 2. The minimum atomic E-state index is -0.458. The van der Waals surface area contributed by atoms with Gasteiger partial charge < -0.3 is 15.6 Å². The van der Waals surface area contributed by atoms with Gasteiger partial charge in [0, 0.05) is 0 Å². The molecular weight excluding hydrogens is 238 g/mol. The Morgan fingerprint density at radius 2 is 2.11 bits per heavy atom. The van der Waals surface area contributed by atoms with Gasteiger partial charge >= 0.3 is 5.91 Å². The van der Waals surface area contributed by atoms with E-state index in [4.69, 9.17) is 16.0 Å². The van der Waals surface area contributed by atoms with Gasteiger partial charge in [-0.15, -0.1) is 0 Å². The Bertz CT molecular complexity index is 540. The third kappa shape index (κ3) is 2.30. The molecule has 2 rings (SSSR count). The number of anilines is 3. The summed E-state index contributed by atoms with van der Waals surface area (Å²) in [6.45, 7) is 0. The Balaban J connectivity index is 2.05. The topological polar surface area (TPSA) is 144 Å². The molecule has 2 heterocycles. The fourth-order valence-corrected chi connectivity index (χ4v) is 1.20. The van der Waals surface area contributed by atoms with E-state index in [1.165, 1.54) is 18.7 Å². The Morgan fingerprint density at radius 3 is 2.78 bits per heavy atom. The molecule has 2 aromatic heterocycles. The van der Waals surface area contributed by atoms with Crippen molar-refractivity contribution >= 4 is 23.2 Å². The number of hydrogen-bond acceptors (Lipinski definition) is 8. The summed E-state index contributed by atoms with van der Waals surface area (Å²) < 4.78 is 4.91. The molecule has 0 aliphatic carbocycles. The van der Waals surface area contributed by atoms with Crippen LogP contribution in [-0.4, -0.2) is 15.9 Å². The van der Waals surface area contributed by atoms with E-state index >= 15 is 0 Å². The fraction of sp³-hybridized carbons (Fsp3) is 0. The van der Waals surface area contributed by atoms with E-state index in [0.717, 1.165) is 0 Å². The van der Waals surface area contributed by atoms with Crippen molar-refractivity contribution in [3.05, 3.63) is 30.5 Å². The fourth-order valence-electron chi connectivity index (χ4n) is 1.20. The molecule has 0 fully saturated rings. The van der Waals surface area contributed by atoms with Crippen LogP contribution < -0.4 is 27.9 Å². The number of rotatable bonds is 4. The highest BCUT2D eigenvalue weighted by Gasteiger charge is 2.10. The number of nitrogens with two attached hydrogens (primary N) is 2. The van der Waals surface area contributed by atoms with Crippen LogP contribution >= 0.6 is 0 Å². The third-order valence-electron chi connectivity index (χ3n) is 2.06. The van der Waals surface area contributed by atoms with Crippen LogP contribution in [0.25, 0.3) is 0 Å². The van der Waals surface area contributed by atoms with E-state index in [1.807, 2.05) is 0 Å². The number of nitrogens with one attached hydrogen (secondary N) is 3. The largest absolute Gasteiger partial charge is 0.459 e. The lowest BCUT2D eigenvalue weighted by Gasteiger charge is -2.10. The van der Waals surface area contributed by atoms with Gasteiger partial charge in [-0.1, -0.05) is 0 Å². The average molecular weight is 249 g/mol. The molecule has 0 aliphatic heterocycles. The maximum atomic E-state index is 11.6. The molecule has 0 saturated carbocycles. The zero-order valence-electron chi connectivity index (χ0n) is 9.18. The first kappa shape index (κ1) is 11.7. The number of hydrogen-bond donors (Lipinski definition) is 5. The number of nitrogen functional groups attached to an aromatic ring is 2. The van der Waals surface area contributed by atoms with Gasteiger partial charge in [-0.25, -0.2) is 15.8 Å².